The van der Waals surface area contributed by atoms with E-state index in [0.717, 1.165) is 28.1 Å². The maximum absolute atomic E-state index is 12.5. The third-order valence-corrected chi connectivity index (χ3v) is 4.20. The largest absolute Gasteiger partial charge is 0.324 e. The molecule has 1 aromatic heterocycles. The first-order valence-corrected chi connectivity index (χ1v) is 8.55. The van der Waals surface area contributed by atoms with Gasteiger partial charge in [-0.2, -0.15) is 0 Å². The van der Waals surface area contributed by atoms with E-state index < -0.39 is 0 Å². The number of benzene rings is 2. The molecule has 6 heteroatoms. The van der Waals surface area contributed by atoms with Crippen molar-refractivity contribution < 1.29 is 4.79 Å². The third kappa shape index (κ3) is 4.18. The Labute approximate surface area is 157 Å². The molecule has 0 atom stereocenters. The quantitative estimate of drug-likeness (QED) is 0.678. The summed E-state index contributed by atoms with van der Waals surface area (Å²) in [5.74, 6) is 0.0704. The van der Waals surface area contributed by atoms with Crippen molar-refractivity contribution in [2.45, 2.75) is 20.8 Å². The van der Waals surface area contributed by atoms with Crippen LogP contribution in [0, 0.1) is 20.8 Å². The van der Waals surface area contributed by atoms with E-state index in [4.69, 9.17) is 11.6 Å². The number of aryl methyl sites for hydroxylation is 3. The first-order valence-electron chi connectivity index (χ1n) is 8.17. The average molecular weight is 367 g/mol. The second-order valence-electron chi connectivity index (χ2n) is 6.12. The highest BCUT2D eigenvalue weighted by Gasteiger charge is 2.11. The maximum atomic E-state index is 12.5. The van der Waals surface area contributed by atoms with Gasteiger partial charge in [-0.15, -0.1) is 0 Å². The van der Waals surface area contributed by atoms with Gasteiger partial charge in [0.2, 0.25) is 5.95 Å². The number of hydrogen-bond donors (Lipinski definition) is 2. The molecule has 0 aliphatic heterocycles. The lowest BCUT2D eigenvalue weighted by Gasteiger charge is -2.11. The molecule has 1 amide bonds. The fourth-order valence-electron chi connectivity index (χ4n) is 2.49. The Balaban J connectivity index is 1.80. The molecular formula is C20H19ClN4O. The molecule has 5 nitrogen and oxygen atoms in total. The minimum absolute atomic E-state index is 0.281. The summed E-state index contributed by atoms with van der Waals surface area (Å²) in [7, 11) is 0. The molecule has 0 saturated heterocycles. The molecule has 0 fully saturated rings. The van der Waals surface area contributed by atoms with Gasteiger partial charge in [-0.1, -0.05) is 23.7 Å². The van der Waals surface area contributed by atoms with Crippen LogP contribution >= 0.6 is 11.6 Å². The third-order valence-electron chi connectivity index (χ3n) is 3.96. The first kappa shape index (κ1) is 17.9. The van der Waals surface area contributed by atoms with Crippen molar-refractivity contribution in [3.63, 3.8) is 0 Å². The molecule has 0 saturated carbocycles. The number of nitrogens with one attached hydrogen (secondary N) is 2. The Bertz CT molecular complexity index is 972. The smallest absolute Gasteiger partial charge is 0.274 e. The molecule has 0 radical (unpaired) electrons. The summed E-state index contributed by atoms with van der Waals surface area (Å²) < 4.78 is 0. The van der Waals surface area contributed by atoms with Gasteiger partial charge in [-0.05, 0) is 67.8 Å². The van der Waals surface area contributed by atoms with Crippen LogP contribution in [0.2, 0.25) is 5.02 Å². The number of carbonyl (C=O) groups excluding carboxylic acids is 1. The summed E-state index contributed by atoms with van der Waals surface area (Å²) in [5.41, 5.74) is 4.93. The fourth-order valence-corrected chi connectivity index (χ4v) is 2.72. The minimum Gasteiger partial charge on any atom is -0.324 e. The van der Waals surface area contributed by atoms with Crippen LogP contribution in [0.1, 0.15) is 27.2 Å². The highest BCUT2D eigenvalue weighted by molar-refractivity contribution is 6.30. The number of amides is 1. The van der Waals surface area contributed by atoms with Gasteiger partial charge in [0, 0.05) is 22.6 Å². The SMILES string of the molecule is Cc1ccc(C)c(NC(=O)c2ccnc(Nc3ccc(Cl)cc3C)n2)c1. The van der Waals surface area contributed by atoms with Crippen LogP contribution < -0.4 is 10.6 Å². The number of halogens is 1. The highest BCUT2D eigenvalue weighted by atomic mass is 35.5. The molecule has 0 spiro atoms. The summed E-state index contributed by atoms with van der Waals surface area (Å²) in [5, 5.41) is 6.68. The van der Waals surface area contributed by atoms with Gasteiger partial charge in [-0.3, -0.25) is 4.79 Å². The van der Waals surface area contributed by atoms with Crippen molar-refractivity contribution in [1.29, 1.82) is 0 Å². The molecule has 2 N–H and O–H groups in total. The lowest BCUT2D eigenvalue weighted by molar-refractivity contribution is 0.102. The van der Waals surface area contributed by atoms with E-state index in [0.29, 0.717) is 11.0 Å². The average Bonchev–Trinajstić information content (AvgIpc) is 2.61. The van der Waals surface area contributed by atoms with Gasteiger partial charge in [0.05, 0.1) is 0 Å². The molecule has 0 unspecified atom stereocenters. The Morgan fingerprint density at radius 1 is 0.962 bits per heavy atom. The lowest BCUT2D eigenvalue weighted by Crippen LogP contribution is -2.15. The van der Waals surface area contributed by atoms with Gasteiger partial charge in [0.25, 0.3) is 5.91 Å². The number of aromatic nitrogens is 2. The van der Waals surface area contributed by atoms with Crippen LogP contribution in [0.4, 0.5) is 17.3 Å². The van der Waals surface area contributed by atoms with Gasteiger partial charge in [0.1, 0.15) is 5.69 Å². The van der Waals surface area contributed by atoms with E-state index in [2.05, 4.69) is 20.6 Å². The molecule has 0 bridgehead atoms. The Morgan fingerprint density at radius 3 is 2.54 bits per heavy atom. The molecule has 3 aromatic rings. The molecule has 0 aliphatic carbocycles. The van der Waals surface area contributed by atoms with Crippen molar-refractivity contribution in [2.75, 3.05) is 10.6 Å². The lowest BCUT2D eigenvalue weighted by atomic mass is 10.1. The number of nitrogens with zero attached hydrogens (tertiary/aromatic N) is 2. The van der Waals surface area contributed by atoms with Gasteiger partial charge >= 0.3 is 0 Å². The van der Waals surface area contributed by atoms with Crippen molar-refractivity contribution in [2.24, 2.45) is 0 Å². The number of carbonyl (C=O) groups is 1. The predicted molar refractivity (Wildman–Crippen MR) is 105 cm³/mol. The monoisotopic (exact) mass is 366 g/mol. The minimum atomic E-state index is -0.281. The van der Waals surface area contributed by atoms with Crippen LogP contribution in [-0.2, 0) is 0 Å². The molecule has 1 heterocycles. The van der Waals surface area contributed by atoms with Crippen molar-refractivity contribution in [3.05, 3.63) is 76.1 Å². The molecule has 132 valence electrons. The van der Waals surface area contributed by atoms with Crippen LogP contribution in [0.3, 0.4) is 0 Å². The maximum Gasteiger partial charge on any atom is 0.274 e. The zero-order valence-electron chi connectivity index (χ0n) is 14.8. The topological polar surface area (TPSA) is 66.9 Å². The Morgan fingerprint density at radius 2 is 1.77 bits per heavy atom. The molecule has 2 aromatic carbocycles. The molecule has 3 rings (SSSR count). The van der Waals surface area contributed by atoms with Gasteiger partial charge in [0.15, 0.2) is 0 Å². The van der Waals surface area contributed by atoms with E-state index >= 15 is 0 Å². The summed E-state index contributed by atoms with van der Waals surface area (Å²) in [4.78, 5) is 21.0. The molecule has 26 heavy (non-hydrogen) atoms. The van der Waals surface area contributed by atoms with Crippen molar-refractivity contribution in [3.8, 4) is 0 Å². The second kappa shape index (κ2) is 7.54. The first-order chi connectivity index (χ1) is 12.4. The van der Waals surface area contributed by atoms with Gasteiger partial charge in [-0.25, -0.2) is 9.97 Å². The number of rotatable bonds is 4. The van der Waals surface area contributed by atoms with Crippen molar-refractivity contribution >= 4 is 34.8 Å². The van der Waals surface area contributed by atoms with E-state index in [-0.39, 0.29) is 11.6 Å². The zero-order chi connectivity index (χ0) is 18.7. The normalized spacial score (nSPS) is 10.5. The fraction of sp³-hybridized carbons (Fsp3) is 0.150. The molecular weight excluding hydrogens is 348 g/mol. The van der Waals surface area contributed by atoms with Crippen LogP contribution in [0.15, 0.2) is 48.7 Å². The summed E-state index contributed by atoms with van der Waals surface area (Å²) in [6.45, 7) is 5.87. The van der Waals surface area contributed by atoms with E-state index in [1.807, 2.05) is 51.1 Å². The Hall–Kier alpha value is -2.92. The van der Waals surface area contributed by atoms with E-state index in [9.17, 15) is 4.79 Å². The van der Waals surface area contributed by atoms with Crippen molar-refractivity contribution in [1.82, 2.24) is 9.97 Å². The predicted octanol–water partition coefficient (Wildman–Crippen LogP) is 5.05. The van der Waals surface area contributed by atoms with E-state index in [1.54, 1.807) is 18.3 Å². The van der Waals surface area contributed by atoms with Crippen LogP contribution in [0.5, 0.6) is 0 Å². The summed E-state index contributed by atoms with van der Waals surface area (Å²) in [6.07, 6.45) is 1.55. The second-order valence-corrected chi connectivity index (χ2v) is 6.56. The summed E-state index contributed by atoms with van der Waals surface area (Å²) >= 11 is 5.98. The number of hydrogen-bond acceptors (Lipinski definition) is 4. The van der Waals surface area contributed by atoms with E-state index in [1.165, 1.54) is 0 Å². The summed E-state index contributed by atoms with van der Waals surface area (Å²) in [6, 6.07) is 13.0. The molecule has 0 aliphatic rings. The highest BCUT2D eigenvalue weighted by Crippen LogP contribution is 2.22. The van der Waals surface area contributed by atoms with Gasteiger partial charge < -0.3 is 10.6 Å². The van der Waals surface area contributed by atoms with Crippen LogP contribution in [-0.4, -0.2) is 15.9 Å². The van der Waals surface area contributed by atoms with Crippen LogP contribution in [0.25, 0.3) is 0 Å². The Kier molecular flexibility index (Phi) is 5.19. The number of anilines is 3. The zero-order valence-corrected chi connectivity index (χ0v) is 15.6. The standard InChI is InChI=1S/C20H19ClN4O/c1-12-4-5-13(2)18(10-12)23-19(26)17-8-9-22-20(25-17)24-16-7-6-15(21)11-14(16)3/h4-11H,1-3H3,(H,23,26)(H,22,24,25).